The topological polar surface area (TPSA) is 48.5 Å². The number of anilines is 1. The van der Waals surface area contributed by atoms with Gasteiger partial charge in [-0.05, 0) is 35.3 Å². The lowest BCUT2D eigenvalue weighted by atomic mass is 10.1. The number of carbonyl (C=O) groups is 1. The molecule has 1 amide bonds. The standard InChI is InChI=1S/C15H23BrN4O/c1-4-11(2)19-5-7-20(8-6-19)15(21)13-9-12(16)10-18-14(13)17-3/h9-11H,4-8H2,1-3H3,(H,17,18). The molecule has 1 fully saturated rings. The number of piperazine rings is 1. The van der Waals surface area contributed by atoms with E-state index in [0.717, 1.165) is 37.1 Å². The van der Waals surface area contributed by atoms with Crippen molar-refractivity contribution >= 4 is 27.7 Å². The number of nitrogens with zero attached hydrogens (tertiary/aromatic N) is 3. The molecular weight excluding hydrogens is 332 g/mol. The van der Waals surface area contributed by atoms with E-state index in [1.807, 2.05) is 11.0 Å². The maximum Gasteiger partial charge on any atom is 0.257 e. The second-order valence-corrected chi connectivity index (χ2v) is 6.30. The van der Waals surface area contributed by atoms with Crippen molar-refractivity contribution in [2.45, 2.75) is 26.3 Å². The Labute approximate surface area is 134 Å². The fraction of sp³-hybridized carbons (Fsp3) is 0.600. The molecule has 5 nitrogen and oxygen atoms in total. The third-order valence-corrected chi connectivity index (χ3v) is 4.57. The normalized spacial score (nSPS) is 17.6. The van der Waals surface area contributed by atoms with Crippen LogP contribution in [0.2, 0.25) is 0 Å². The van der Waals surface area contributed by atoms with Crippen LogP contribution in [0.1, 0.15) is 30.6 Å². The SMILES string of the molecule is CCC(C)N1CCN(C(=O)c2cc(Br)cnc2NC)CC1. The van der Waals surface area contributed by atoms with Crippen LogP contribution in [0.5, 0.6) is 0 Å². The van der Waals surface area contributed by atoms with Crippen LogP contribution in [-0.4, -0.2) is 60.0 Å². The van der Waals surface area contributed by atoms with E-state index in [-0.39, 0.29) is 5.91 Å². The Bertz CT molecular complexity index is 500. The predicted octanol–water partition coefficient (Wildman–Crippen LogP) is 2.44. The Morgan fingerprint density at radius 2 is 2.10 bits per heavy atom. The maximum absolute atomic E-state index is 12.7. The number of pyridine rings is 1. The van der Waals surface area contributed by atoms with E-state index >= 15 is 0 Å². The summed E-state index contributed by atoms with van der Waals surface area (Å²) in [5.41, 5.74) is 0.629. The Morgan fingerprint density at radius 3 is 2.67 bits per heavy atom. The molecule has 1 aliphatic heterocycles. The van der Waals surface area contributed by atoms with Crippen molar-refractivity contribution in [3.63, 3.8) is 0 Å². The summed E-state index contributed by atoms with van der Waals surface area (Å²) in [6, 6.07) is 2.42. The van der Waals surface area contributed by atoms with Crippen molar-refractivity contribution in [1.82, 2.24) is 14.8 Å². The van der Waals surface area contributed by atoms with Gasteiger partial charge in [0, 0.05) is 49.9 Å². The minimum Gasteiger partial charge on any atom is -0.372 e. The van der Waals surface area contributed by atoms with Crippen LogP contribution >= 0.6 is 15.9 Å². The molecule has 1 aromatic heterocycles. The first-order chi connectivity index (χ1) is 10.1. The van der Waals surface area contributed by atoms with E-state index in [9.17, 15) is 4.79 Å². The van der Waals surface area contributed by atoms with Crippen molar-refractivity contribution in [3.05, 3.63) is 22.3 Å². The Balaban J connectivity index is 2.07. The van der Waals surface area contributed by atoms with Crippen molar-refractivity contribution in [3.8, 4) is 0 Å². The molecule has 1 saturated heterocycles. The molecule has 0 aromatic carbocycles. The predicted molar refractivity (Wildman–Crippen MR) is 88.7 cm³/mol. The minimum atomic E-state index is 0.0527. The second kappa shape index (κ2) is 7.22. The molecule has 1 unspecified atom stereocenters. The van der Waals surface area contributed by atoms with Gasteiger partial charge >= 0.3 is 0 Å². The van der Waals surface area contributed by atoms with Gasteiger partial charge in [-0.15, -0.1) is 0 Å². The lowest BCUT2D eigenvalue weighted by Gasteiger charge is -2.38. The van der Waals surface area contributed by atoms with Crippen LogP contribution in [-0.2, 0) is 0 Å². The molecule has 1 aromatic rings. The Hall–Kier alpha value is -1.14. The second-order valence-electron chi connectivity index (χ2n) is 5.39. The lowest BCUT2D eigenvalue weighted by molar-refractivity contribution is 0.0580. The summed E-state index contributed by atoms with van der Waals surface area (Å²) in [6.45, 7) is 7.88. The zero-order valence-electron chi connectivity index (χ0n) is 12.9. The monoisotopic (exact) mass is 354 g/mol. The molecule has 1 atom stereocenters. The maximum atomic E-state index is 12.7. The number of carbonyl (C=O) groups excluding carboxylic acids is 1. The summed E-state index contributed by atoms with van der Waals surface area (Å²) >= 11 is 3.39. The van der Waals surface area contributed by atoms with Gasteiger partial charge in [-0.25, -0.2) is 4.98 Å². The van der Waals surface area contributed by atoms with Gasteiger partial charge in [-0.3, -0.25) is 9.69 Å². The summed E-state index contributed by atoms with van der Waals surface area (Å²) < 4.78 is 0.822. The fourth-order valence-corrected chi connectivity index (χ4v) is 2.93. The van der Waals surface area contributed by atoms with Crippen LogP contribution in [0, 0.1) is 0 Å². The molecule has 1 N–H and O–H groups in total. The van der Waals surface area contributed by atoms with Crippen LogP contribution < -0.4 is 5.32 Å². The van der Waals surface area contributed by atoms with Crippen LogP contribution in [0.3, 0.4) is 0 Å². The van der Waals surface area contributed by atoms with Gasteiger partial charge in [0.1, 0.15) is 5.82 Å². The number of amides is 1. The van der Waals surface area contributed by atoms with Gasteiger partial charge < -0.3 is 10.2 Å². The average molecular weight is 355 g/mol. The highest BCUT2D eigenvalue weighted by Gasteiger charge is 2.25. The molecule has 2 heterocycles. The number of hydrogen-bond donors (Lipinski definition) is 1. The highest BCUT2D eigenvalue weighted by molar-refractivity contribution is 9.10. The molecule has 0 aliphatic carbocycles. The first-order valence-corrected chi connectivity index (χ1v) is 8.22. The summed E-state index contributed by atoms with van der Waals surface area (Å²) in [7, 11) is 1.79. The molecule has 6 heteroatoms. The van der Waals surface area contributed by atoms with E-state index in [1.54, 1.807) is 13.2 Å². The zero-order chi connectivity index (χ0) is 15.4. The van der Waals surface area contributed by atoms with Gasteiger partial charge in [0.05, 0.1) is 5.56 Å². The summed E-state index contributed by atoms with van der Waals surface area (Å²) in [4.78, 5) is 21.3. The summed E-state index contributed by atoms with van der Waals surface area (Å²) in [6.07, 6.45) is 2.84. The summed E-state index contributed by atoms with van der Waals surface area (Å²) in [5.74, 6) is 0.685. The van der Waals surface area contributed by atoms with E-state index in [1.165, 1.54) is 0 Å². The quantitative estimate of drug-likeness (QED) is 0.901. The molecule has 2 rings (SSSR count). The van der Waals surface area contributed by atoms with Crippen molar-refractivity contribution in [1.29, 1.82) is 0 Å². The van der Waals surface area contributed by atoms with Crippen LogP contribution in [0.25, 0.3) is 0 Å². The van der Waals surface area contributed by atoms with Crippen LogP contribution in [0.15, 0.2) is 16.7 Å². The third-order valence-electron chi connectivity index (χ3n) is 4.14. The zero-order valence-corrected chi connectivity index (χ0v) is 14.5. The number of hydrogen-bond acceptors (Lipinski definition) is 4. The van der Waals surface area contributed by atoms with E-state index in [0.29, 0.717) is 17.4 Å². The van der Waals surface area contributed by atoms with Crippen LogP contribution in [0.4, 0.5) is 5.82 Å². The smallest absolute Gasteiger partial charge is 0.257 e. The fourth-order valence-electron chi connectivity index (χ4n) is 2.60. The third kappa shape index (κ3) is 3.74. The summed E-state index contributed by atoms with van der Waals surface area (Å²) in [5, 5.41) is 2.99. The van der Waals surface area contributed by atoms with Gasteiger partial charge in [-0.2, -0.15) is 0 Å². The van der Waals surface area contributed by atoms with E-state index in [4.69, 9.17) is 0 Å². The molecular formula is C15H23BrN4O. The van der Waals surface area contributed by atoms with Gasteiger partial charge in [0.25, 0.3) is 5.91 Å². The van der Waals surface area contributed by atoms with Crippen molar-refractivity contribution in [2.24, 2.45) is 0 Å². The van der Waals surface area contributed by atoms with Crippen molar-refractivity contribution in [2.75, 3.05) is 38.5 Å². The van der Waals surface area contributed by atoms with Gasteiger partial charge in [0.2, 0.25) is 0 Å². The average Bonchev–Trinajstić information content (AvgIpc) is 2.53. The highest BCUT2D eigenvalue weighted by Crippen LogP contribution is 2.20. The molecule has 1 aliphatic rings. The Kier molecular flexibility index (Phi) is 5.58. The number of halogens is 1. The molecule has 0 radical (unpaired) electrons. The Morgan fingerprint density at radius 1 is 1.43 bits per heavy atom. The number of aromatic nitrogens is 1. The molecule has 0 spiro atoms. The number of rotatable bonds is 4. The van der Waals surface area contributed by atoms with Crippen molar-refractivity contribution < 1.29 is 4.79 Å². The first-order valence-electron chi connectivity index (χ1n) is 7.43. The first kappa shape index (κ1) is 16.2. The van der Waals surface area contributed by atoms with Gasteiger partial charge in [0.15, 0.2) is 0 Å². The largest absolute Gasteiger partial charge is 0.372 e. The van der Waals surface area contributed by atoms with Gasteiger partial charge in [-0.1, -0.05) is 6.92 Å². The molecule has 0 saturated carbocycles. The van der Waals surface area contributed by atoms with E-state index in [2.05, 4.69) is 45.0 Å². The van der Waals surface area contributed by atoms with E-state index < -0.39 is 0 Å². The minimum absolute atomic E-state index is 0.0527. The number of nitrogens with one attached hydrogen (secondary N) is 1. The highest BCUT2D eigenvalue weighted by atomic mass is 79.9. The molecule has 0 bridgehead atoms. The molecule has 116 valence electrons. The molecule has 21 heavy (non-hydrogen) atoms. The lowest BCUT2D eigenvalue weighted by Crippen LogP contribution is -2.51.